The van der Waals surface area contributed by atoms with E-state index in [-0.39, 0.29) is 11.1 Å². The first kappa shape index (κ1) is 21.7. The van der Waals surface area contributed by atoms with E-state index >= 15 is 0 Å². The molecular weight excluding hydrogens is 509 g/mol. The van der Waals surface area contributed by atoms with Crippen molar-refractivity contribution in [3.63, 3.8) is 0 Å². The summed E-state index contributed by atoms with van der Waals surface area (Å²) in [5, 5.41) is 11.9. The lowest BCUT2D eigenvalue weighted by molar-refractivity contribution is 0.0724. The first-order chi connectivity index (χ1) is 14.1. The molecule has 0 N–H and O–H groups in total. The van der Waals surface area contributed by atoms with Crippen LogP contribution in [0.2, 0.25) is 0 Å². The molecule has 3 aromatic rings. The molecule has 160 valence electrons. The molecule has 1 aliphatic heterocycles. The van der Waals surface area contributed by atoms with Crippen LogP contribution in [0.25, 0.3) is 21.5 Å². The molecule has 0 unspecified atom stereocenters. The Morgan fingerprint density at radius 3 is 2.53 bits per heavy atom. The largest absolute Gasteiger partial charge is 0.496 e. The molecule has 0 saturated carbocycles. The lowest BCUT2D eigenvalue weighted by Gasteiger charge is -2.53. The molecule has 4 rings (SSSR count). The Hall–Kier alpha value is -1.52. The molecule has 0 amide bonds. The summed E-state index contributed by atoms with van der Waals surface area (Å²) < 4.78 is 8.11. The number of hydrogen-bond donors (Lipinski definition) is 0. The summed E-state index contributed by atoms with van der Waals surface area (Å²) in [7, 11) is 3.83. The van der Waals surface area contributed by atoms with Crippen LogP contribution in [0, 0.1) is 0 Å². The van der Waals surface area contributed by atoms with Crippen LogP contribution in [0.1, 0.15) is 40.5 Å². The predicted octanol–water partition coefficient (Wildman–Crippen LogP) is 5.57. The van der Waals surface area contributed by atoms with Crippen LogP contribution in [-0.4, -0.2) is 49.6 Å². The van der Waals surface area contributed by atoms with Gasteiger partial charge < -0.3 is 9.64 Å². The van der Waals surface area contributed by atoms with E-state index in [1.165, 1.54) is 0 Å². The number of rotatable bonds is 4. The van der Waals surface area contributed by atoms with Crippen molar-refractivity contribution in [3.05, 3.63) is 30.5 Å². The molecule has 0 bridgehead atoms. The second kappa shape index (κ2) is 7.87. The molecule has 6 nitrogen and oxygen atoms in total. The summed E-state index contributed by atoms with van der Waals surface area (Å²) in [6.45, 7) is 9.28. The molecule has 1 saturated heterocycles. The van der Waals surface area contributed by atoms with E-state index in [9.17, 15) is 0 Å². The number of piperidine rings is 1. The highest BCUT2D eigenvalue weighted by atomic mass is 127. The van der Waals surface area contributed by atoms with Crippen molar-refractivity contribution in [1.82, 2.24) is 18.3 Å². The highest BCUT2D eigenvalue weighted by Crippen LogP contribution is 2.44. The third-order valence-corrected chi connectivity index (χ3v) is 9.61. The maximum absolute atomic E-state index is 5.64. The number of fused-ring (bicyclic) bond motifs is 1. The average Bonchev–Trinajstić information content (AvgIpc) is 3.20. The normalized spacial score (nSPS) is 19.2. The number of methoxy groups -OCH3 is 1. The van der Waals surface area contributed by atoms with Crippen molar-refractivity contribution in [2.24, 2.45) is 0 Å². The Kier molecular flexibility index (Phi) is 5.69. The van der Waals surface area contributed by atoms with Crippen molar-refractivity contribution in [2.75, 3.05) is 19.1 Å². The molecule has 1 aliphatic rings. The number of nitrogens with zero attached hydrogens (tertiary/aromatic N) is 5. The van der Waals surface area contributed by atoms with Crippen LogP contribution in [-0.2, 0) is 0 Å². The molecule has 0 radical (unpaired) electrons. The zero-order chi connectivity index (χ0) is 21.7. The number of benzene rings is 1. The third kappa shape index (κ3) is 3.89. The fourth-order valence-corrected chi connectivity index (χ4v) is 5.83. The third-order valence-electron chi connectivity index (χ3n) is 5.95. The van der Waals surface area contributed by atoms with Crippen molar-refractivity contribution >= 4 is 50.2 Å². The van der Waals surface area contributed by atoms with Gasteiger partial charge >= 0.3 is 0 Å². The van der Waals surface area contributed by atoms with Gasteiger partial charge in [-0.25, -0.2) is 3.11 Å². The van der Waals surface area contributed by atoms with Gasteiger partial charge in [0.15, 0.2) is 5.01 Å². The van der Waals surface area contributed by atoms with Gasteiger partial charge in [0.2, 0.25) is 5.13 Å². The molecule has 0 atom stereocenters. The van der Waals surface area contributed by atoms with Crippen LogP contribution in [0.15, 0.2) is 30.5 Å². The van der Waals surface area contributed by atoms with Gasteiger partial charge in [-0.15, -0.1) is 10.2 Å². The quantitative estimate of drug-likeness (QED) is 0.321. The predicted molar refractivity (Wildman–Crippen MR) is 133 cm³/mol. The van der Waals surface area contributed by atoms with Crippen LogP contribution in [0.4, 0.5) is 5.13 Å². The molecule has 0 aliphatic carbocycles. The van der Waals surface area contributed by atoms with E-state index < -0.39 is 0 Å². The molecule has 1 aromatic carbocycles. The zero-order valence-electron chi connectivity index (χ0n) is 18.3. The molecule has 8 heteroatoms. The summed E-state index contributed by atoms with van der Waals surface area (Å²) in [4.78, 5) is 6.74. The molecular formula is C22H28IN5OS. The van der Waals surface area contributed by atoms with Gasteiger partial charge in [-0.2, -0.15) is 0 Å². The maximum atomic E-state index is 5.64. The van der Waals surface area contributed by atoms with Crippen molar-refractivity contribution in [1.29, 1.82) is 0 Å². The van der Waals surface area contributed by atoms with Gasteiger partial charge in [0.05, 0.1) is 18.2 Å². The molecule has 30 heavy (non-hydrogen) atoms. The highest BCUT2D eigenvalue weighted by molar-refractivity contribution is 14.1. The average molecular weight is 537 g/mol. The minimum absolute atomic E-state index is 0.114. The van der Waals surface area contributed by atoms with Crippen molar-refractivity contribution < 1.29 is 4.74 Å². The lowest BCUT2D eigenvalue weighted by Crippen LogP contribution is -2.59. The molecule has 1 fully saturated rings. The second-order valence-corrected chi connectivity index (χ2v) is 11.1. The van der Waals surface area contributed by atoms with Gasteiger partial charge in [-0.3, -0.25) is 4.98 Å². The van der Waals surface area contributed by atoms with E-state index in [4.69, 9.17) is 4.74 Å². The Bertz CT molecular complexity index is 1050. The number of pyridine rings is 1. The molecule has 2 aromatic heterocycles. The van der Waals surface area contributed by atoms with Gasteiger partial charge in [0.1, 0.15) is 5.75 Å². The highest BCUT2D eigenvalue weighted by Gasteiger charge is 2.45. The number of halogens is 1. The zero-order valence-corrected chi connectivity index (χ0v) is 21.3. The molecule has 3 heterocycles. The van der Waals surface area contributed by atoms with Gasteiger partial charge in [0, 0.05) is 64.7 Å². The van der Waals surface area contributed by atoms with Crippen molar-refractivity contribution in [3.8, 4) is 16.3 Å². The van der Waals surface area contributed by atoms with E-state index in [2.05, 4.69) is 92.9 Å². The number of anilines is 1. The Balaban J connectivity index is 1.65. The monoisotopic (exact) mass is 537 g/mol. The minimum atomic E-state index is 0.114. The fraction of sp³-hybridized carbons (Fsp3) is 0.500. The van der Waals surface area contributed by atoms with Gasteiger partial charge in [-0.05, 0) is 52.7 Å². The fourth-order valence-electron chi connectivity index (χ4n) is 4.54. The summed E-state index contributed by atoms with van der Waals surface area (Å²) in [6.07, 6.45) is 3.95. The standard InChI is InChI=1S/C22H28IN5OS/c1-21(2)12-15(13-22(3,4)28(21)23)27(5)20-26-25-19(30-20)16-10-14-8-7-9-24-17(14)11-18(16)29-6/h7-11,15H,12-13H2,1-6H3. The first-order valence-electron chi connectivity index (χ1n) is 10.1. The Morgan fingerprint density at radius 1 is 1.17 bits per heavy atom. The van der Waals surface area contributed by atoms with Crippen LogP contribution in [0.5, 0.6) is 5.75 Å². The van der Waals surface area contributed by atoms with Gasteiger partial charge in [-0.1, -0.05) is 17.4 Å². The smallest absolute Gasteiger partial charge is 0.208 e. The van der Waals surface area contributed by atoms with E-state index in [0.29, 0.717) is 6.04 Å². The van der Waals surface area contributed by atoms with Crippen molar-refractivity contribution in [2.45, 2.75) is 57.7 Å². The SMILES string of the molecule is COc1cc2ncccc2cc1-c1nnc(N(C)C2CC(C)(C)N(I)C(C)(C)C2)s1. The van der Waals surface area contributed by atoms with Crippen LogP contribution < -0.4 is 9.64 Å². The maximum Gasteiger partial charge on any atom is 0.208 e. The van der Waals surface area contributed by atoms with Crippen LogP contribution in [0.3, 0.4) is 0 Å². The number of ether oxygens (including phenoxy) is 1. The minimum Gasteiger partial charge on any atom is -0.496 e. The van der Waals surface area contributed by atoms with E-state index in [1.807, 2.05) is 12.1 Å². The topological polar surface area (TPSA) is 54.4 Å². The Morgan fingerprint density at radius 2 is 1.87 bits per heavy atom. The summed E-state index contributed by atoms with van der Waals surface area (Å²) in [5.74, 6) is 0.770. The van der Waals surface area contributed by atoms with Crippen LogP contribution >= 0.6 is 34.2 Å². The van der Waals surface area contributed by atoms with E-state index in [0.717, 1.165) is 45.2 Å². The molecule has 0 spiro atoms. The summed E-state index contributed by atoms with van der Waals surface area (Å²) in [6, 6.07) is 8.47. The Labute approximate surface area is 196 Å². The van der Waals surface area contributed by atoms with E-state index in [1.54, 1.807) is 24.6 Å². The first-order valence-corrected chi connectivity index (χ1v) is 11.9. The summed E-state index contributed by atoms with van der Waals surface area (Å²) >= 11 is 4.10. The lowest BCUT2D eigenvalue weighted by atomic mass is 9.79. The second-order valence-electron chi connectivity index (χ2n) is 9.22. The number of aromatic nitrogens is 3. The number of hydrogen-bond acceptors (Lipinski definition) is 7. The van der Waals surface area contributed by atoms with Gasteiger partial charge in [0.25, 0.3) is 0 Å². The summed E-state index contributed by atoms with van der Waals surface area (Å²) in [5.41, 5.74) is 2.10.